The molecule has 0 aliphatic carbocycles. The molecule has 0 radical (unpaired) electrons. The molecule has 0 aliphatic rings. The minimum absolute atomic E-state index is 0.165. The summed E-state index contributed by atoms with van der Waals surface area (Å²) in [5.74, 6) is 0. The van der Waals surface area contributed by atoms with Crippen LogP contribution in [0.4, 0.5) is 0 Å². The molecule has 0 saturated heterocycles. The van der Waals surface area contributed by atoms with E-state index in [1.54, 1.807) is 6.07 Å². The normalized spacial score (nSPS) is 10.8. The van der Waals surface area contributed by atoms with Gasteiger partial charge in [0.05, 0.1) is 5.69 Å². The van der Waals surface area contributed by atoms with Crippen molar-refractivity contribution >= 4 is 0 Å². The fraction of sp³-hybridized carbons (Fsp3) is 0.556. The summed E-state index contributed by atoms with van der Waals surface area (Å²) in [6.45, 7) is 2.59. The fourth-order valence-electron chi connectivity index (χ4n) is 0.991. The first-order valence-electron chi connectivity index (χ1n) is 4.58. The van der Waals surface area contributed by atoms with Gasteiger partial charge in [0.1, 0.15) is 0 Å². The minimum atomic E-state index is -0.165. The van der Waals surface area contributed by atoms with Gasteiger partial charge in [-0.05, 0) is 20.2 Å². The molecule has 0 amide bonds. The van der Waals surface area contributed by atoms with Gasteiger partial charge in [-0.15, -0.1) is 0 Å². The van der Waals surface area contributed by atoms with E-state index in [9.17, 15) is 4.79 Å². The molecule has 0 unspecified atom stereocenters. The molecule has 0 bridgehead atoms. The summed E-state index contributed by atoms with van der Waals surface area (Å²) in [4.78, 5) is 12.8. The number of nitrogens with zero attached hydrogens (tertiary/aromatic N) is 2. The Hall–Kier alpha value is -1.20. The highest BCUT2D eigenvalue weighted by Crippen LogP contribution is 1.86. The van der Waals surface area contributed by atoms with E-state index in [1.165, 1.54) is 6.07 Å². The third kappa shape index (κ3) is 4.15. The molecule has 0 spiro atoms. The number of hydrogen-bond donors (Lipinski definition) is 2. The van der Waals surface area contributed by atoms with Gasteiger partial charge in [0, 0.05) is 25.7 Å². The second kappa shape index (κ2) is 5.51. The number of nitrogens with one attached hydrogen (secondary N) is 2. The Bertz CT molecular complexity index is 300. The number of aromatic amines is 1. The van der Waals surface area contributed by atoms with Crippen molar-refractivity contribution in [3.63, 3.8) is 0 Å². The number of hydrogen-bond acceptors (Lipinski definition) is 4. The Morgan fingerprint density at radius 1 is 1.50 bits per heavy atom. The highest BCUT2D eigenvalue weighted by molar-refractivity contribution is 4.98. The van der Waals surface area contributed by atoms with Crippen LogP contribution in [0.2, 0.25) is 0 Å². The topological polar surface area (TPSA) is 61.0 Å². The third-order valence-corrected chi connectivity index (χ3v) is 1.78. The number of H-pyrrole nitrogens is 1. The van der Waals surface area contributed by atoms with E-state index in [0.29, 0.717) is 6.54 Å². The molecular weight excluding hydrogens is 180 g/mol. The second-order valence-electron chi connectivity index (χ2n) is 3.39. The van der Waals surface area contributed by atoms with Crippen LogP contribution in [0.3, 0.4) is 0 Å². The van der Waals surface area contributed by atoms with Crippen LogP contribution in [0, 0.1) is 0 Å². The quantitative estimate of drug-likeness (QED) is 0.619. The van der Waals surface area contributed by atoms with Gasteiger partial charge < -0.3 is 10.2 Å². The first-order chi connectivity index (χ1) is 6.68. The predicted octanol–water partition coefficient (Wildman–Crippen LogP) is -0.579. The van der Waals surface area contributed by atoms with Gasteiger partial charge in [-0.25, -0.2) is 5.10 Å². The van der Waals surface area contributed by atoms with Gasteiger partial charge >= 0.3 is 0 Å². The summed E-state index contributed by atoms with van der Waals surface area (Å²) in [5, 5.41) is 9.50. The first kappa shape index (κ1) is 10.9. The van der Waals surface area contributed by atoms with E-state index in [-0.39, 0.29) is 5.56 Å². The van der Waals surface area contributed by atoms with Gasteiger partial charge in [-0.2, -0.15) is 5.10 Å². The molecule has 5 heteroatoms. The summed E-state index contributed by atoms with van der Waals surface area (Å²) in [5.41, 5.74) is 0.686. The number of aromatic nitrogens is 2. The van der Waals surface area contributed by atoms with Crippen molar-refractivity contribution in [1.82, 2.24) is 20.4 Å². The van der Waals surface area contributed by atoms with Crippen molar-refractivity contribution in [2.45, 2.75) is 6.54 Å². The SMILES string of the molecule is CN(C)CCNCc1ccc(=O)[nH]n1. The van der Waals surface area contributed by atoms with E-state index >= 15 is 0 Å². The van der Waals surface area contributed by atoms with Gasteiger partial charge in [0.2, 0.25) is 0 Å². The molecule has 1 rings (SSSR count). The zero-order valence-corrected chi connectivity index (χ0v) is 8.58. The lowest BCUT2D eigenvalue weighted by Crippen LogP contribution is -2.26. The molecule has 1 aromatic rings. The maximum atomic E-state index is 10.7. The van der Waals surface area contributed by atoms with Crippen molar-refractivity contribution < 1.29 is 0 Å². The van der Waals surface area contributed by atoms with E-state index in [0.717, 1.165) is 18.8 Å². The molecule has 1 heterocycles. The molecule has 0 aliphatic heterocycles. The lowest BCUT2D eigenvalue weighted by atomic mass is 10.4. The summed E-state index contributed by atoms with van der Waals surface area (Å²) in [6, 6.07) is 3.21. The lowest BCUT2D eigenvalue weighted by Gasteiger charge is -2.09. The summed E-state index contributed by atoms with van der Waals surface area (Å²) in [7, 11) is 4.06. The molecule has 2 N–H and O–H groups in total. The second-order valence-corrected chi connectivity index (χ2v) is 3.39. The Morgan fingerprint density at radius 3 is 2.86 bits per heavy atom. The van der Waals surface area contributed by atoms with Gasteiger partial charge in [0.15, 0.2) is 0 Å². The first-order valence-corrected chi connectivity index (χ1v) is 4.58. The number of likely N-dealkylation sites (N-methyl/N-ethyl adjacent to an activating group) is 1. The Balaban J connectivity index is 2.25. The largest absolute Gasteiger partial charge is 0.310 e. The standard InChI is InChI=1S/C9H16N4O/c1-13(2)6-5-10-7-8-3-4-9(14)12-11-8/h3-4,10H,5-7H2,1-2H3,(H,12,14). The van der Waals surface area contributed by atoms with Crippen LogP contribution in [-0.4, -0.2) is 42.3 Å². The van der Waals surface area contributed by atoms with Crippen LogP contribution in [0.15, 0.2) is 16.9 Å². The van der Waals surface area contributed by atoms with Gasteiger partial charge in [-0.1, -0.05) is 0 Å². The summed E-state index contributed by atoms with van der Waals surface area (Å²) >= 11 is 0. The third-order valence-electron chi connectivity index (χ3n) is 1.78. The zero-order chi connectivity index (χ0) is 10.4. The van der Waals surface area contributed by atoms with Crippen LogP contribution >= 0.6 is 0 Å². The smallest absolute Gasteiger partial charge is 0.264 e. The highest BCUT2D eigenvalue weighted by Gasteiger charge is 1.94. The van der Waals surface area contributed by atoms with Crippen molar-refractivity contribution in [1.29, 1.82) is 0 Å². The van der Waals surface area contributed by atoms with E-state index in [4.69, 9.17) is 0 Å². The van der Waals surface area contributed by atoms with Crippen molar-refractivity contribution in [2.24, 2.45) is 0 Å². The monoisotopic (exact) mass is 196 g/mol. The van der Waals surface area contributed by atoms with Crippen molar-refractivity contribution in [2.75, 3.05) is 27.2 Å². The highest BCUT2D eigenvalue weighted by atomic mass is 16.1. The summed E-state index contributed by atoms with van der Waals surface area (Å²) in [6.07, 6.45) is 0. The molecule has 0 saturated carbocycles. The van der Waals surface area contributed by atoms with E-state index < -0.39 is 0 Å². The summed E-state index contributed by atoms with van der Waals surface area (Å²) < 4.78 is 0. The van der Waals surface area contributed by atoms with Crippen molar-refractivity contribution in [3.05, 3.63) is 28.2 Å². The molecule has 14 heavy (non-hydrogen) atoms. The average molecular weight is 196 g/mol. The molecule has 0 atom stereocenters. The maximum Gasteiger partial charge on any atom is 0.264 e. The Kier molecular flexibility index (Phi) is 4.28. The van der Waals surface area contributed by atoms with Gasteiger partial charge in [-0.3, -0.25) is 4.79 Å². The molecule has 0 aromatic carbocycles. The average Bonchev–Trinajstić information content (AvgIpc) is 2.15. The van der Waals surface area contributed by atoms with Crippen LogP contribution < -0.4 is 10.9 Å². The minimum Gasteiger partial charge on any atom is -0.310 e. The van der Waals surface area contributed by atoms with Gasteiger partial charge in [0.25, 0.3) is 5.56 Å². The van der Waals surface area contributed by atoms with Crippen LogP contribution in [-0.2, 0) is 6.54 Å². The molecule has 78 valence electrons. The Morgan fingerprint density at radius 2 is 2.29 bits per heavy atom. The van der Waals surface area contributed by atoms with Crippen LogP contribution in [0.25, 0.3) is 0 Å². The molecule has 0 fully saturated rings. The molecule has 5 nitrogen and oxygen atoms in total. The molecular formula is C9H16N4O. The Labute approximate surface area is 83.1 Å². The number of rotatable bonds is 5. The van der Waals surface area contributed by atoms with Crippen molar-refractivity contribution in [3.8, 4) is 0 Å². The zero-order valence-electron chi connectivity index (χ0n) is 8.58. The van der Waals surface area contributed by atoms with E-state index in [2.05, 4.69) is 20.4 Å². The van der Waals surface area contributed by atoms with E-state index in [1.807, 2.05) is 14.1 Å². The lowest BCUT2D eigenvalue weighted by molar-refractivity contribution is 0.399. The van der Waals surface area contributed by atoms with Crippen LogP contribution in [0.1, 0.15) is 5.69 Å². The van der Waals surface area contributed by atoms with Crippen LogP contribution in [0.5, 0.6) is 0 Å². The maximum absolute atomic E-state index is 10.7. The molecule has 1 aromatic heterocycles. The predicted molar refractivity (Wildman–Crippen MR) is 55.1 cm³/mol. The fourth-order valence-corrected chi connectivity index (χ4v) is 0.991.